The van der Waals surface area contributed by atoms with Gasteiger partial charge in [0.25, 0.3) is 0 Å². The van der Waals surface area contributed by atoms with Crippen molar-refractivity contribution in [3.63, 3.8) is 0 Å². The van der Waals surface area contributed by atoms with Gasteiger partial charge in [0, 0.05) is 13.1 Å². The number of amides is 2. The molecule has 6 aromatic rings. The molecule has 59 heavy (non-hydrogen) atoms. The average molecular weight is 787 g/mol. The van der Waals surface area contributed by atoms with Crippen LogP contribution in [0.15, 0.2) is 109 Å². The third-order valence-corrected chi connectivity index (χ3v) is 12.8. The van der Waals surface area contributed by atoms with E-state index in [1.54, 1.807) is 0 Å². The second-order valence-corrected chi connectivity index (χ2v) is 17.0. The lowest BCUT2D eigenvalue weighted by molar-refractivity contribution is -0.138. The van der Waals surface area contributed by atoms with Crippen LogP contribution in [-0.2, 0) is 28.9 Å². The van der Waals surface area contributed by atoms with Crippen molar-refractivity contribution in [3.05, 3.63) is 143 Å². The van der Waals surface area contributed by atoms with E-state index in [2.05, 4.69) is 70.6 Å². The highest BCUT2D eigenvalue weighted by atomic mass is 16.2. The fourth-order valence-corrected chi connectivity index (χ4v) is 9.52. The van der Waals surface area contributed by atoms with Crippen molar-refractivity contribution in [1.29, 1.82) is 0 Å². The Morgan fingerprint density at radius 3 is 1.46 bits per heavy atom. The van der Waals surface area contributed by atoms with Crippen LogP contribution < -0.4 is 0 Å². The molecule has 302 valence electrons. The van der Waals surface area contributed by atoms with Crippen LogP contribution in [0.3, 0.4) is 0 Å². The number of benzene rings is 4. The lowest BCUT2D eigenvalue weighted by Gasteiger charge is -2.31. The van der Waals surface area contributed by atoms with Crippen LogP contribution in [0.5, 0.6) is 0 Å². The Morgan fingerprint density at radius 1 is 0.627 bits per heavy atom. The van der Waals surface area contributed by atoms with Crippen LogP contribution >= 0.6 is 0 Å². The molecule has 2 N–H and O–H groups in total. The molecule has 3 aliphatic rings. The standard InChI is InChI=1S/C49H54N8O2/c1-54(2)44(25-32-13-7-5-8-14-32)48(58)56-23-11-17-42(56)46-50-30-40(52-46)34-19-21-38-36(27-34)29-37-28-35(20-22-39(37)38)41-31-51-47(53-41)43-18-12-24-57(43)49(59)45(55(3)4)26-33-15-9-6-10-16-33/h5-10,13-16,19-22,27-28,30-31,42-45H,11-12,17-18,23-26,29H2,1-4H3,(H,50,52)(H,51,53)/t42-,43-,44-,45-/m1/s1. The van der Waals surface area contributed by atoms with Crippen LogP contribution in [0.25, 0.3) is 33.6 Å². The zero-order valence-corrected chi connectivity index (χ0v) is 34.6. The van der Waals surface area contributed by atoms with Gasteiger partial charge in [-0.1, -0.05) is 84.9 Å². The summed E-state index contributed by atoms with van der Waals surface area (Å²) in [5.41, 5.74) is 11.5. The van der Waals surface area contributed by atoms with E-state index < -0.39 is 0 Å². The summed E-state index contributed by atoms with van der Waals surface area (Å²) < 4.78 is 0. The largest absolute Gasteiger partial charge is 0.340 e. The summed E-state index contributed by atoms with van der Waals surface area (Å²) in [6, 6.07) is 33.3. The maximum absolute atomic E-state index is 14.0. The zero-order chi connectivity index (χ0) is 40.6. The van der Waals surface area contributed by atoms with Gasteiger partial charge in [-0.2, -0.15) is 0 Å². The number of aromatic amines is 2. The van der Waals surface area contributed by atoms with Crippen LogP contribution in [-0.4, -0.2) is 105 Å². The lowest BCUT2D eigenvalue weighted by atomic mass is 10.0. The molecule has 2 aliphatic heterocycles. The van der Waals surface area contributed by atoms with Crippen molar-refractivity contribution in [2.45, 2.75) is 69.1 Å². The van der Waals surface area contributed by atoms with E-state index in [1.807, 2.05) is 96.6 Å². The highest BCUT2D eigenvalue weighted by Crippen LogP contribution is 2.41. The molecule has 4 atom stereocenters. The maximum Gasteiger partial charge on any atom is 0.240 e. The molecule has 2 aromatic heterocycles. The second-order valence-electron chi connectivity index (χ2n) is 17.0. The molecule has 2 fully saturated rings. The number of nitrogens with zero attached hydrogens (tertiary/aromatic N) is 6. The molecule has 2 saturated heterocycles. The van der Waals surface area contributed by atoms with Crippen LogP contribution in [0.2, 0.25) is 0 Å². The molecule has 1 aliphatic carbocycles. The number of imidazole rings is 2. The SMILES string of the molecule is CN(C)[C@H](Cc1ccccc1)C(=O)N1CCC[C@@H]1c1ncc(-c2ccc3c(c2)Cc2cc(-c4cnc([C@H]5CCCN5C(=O)[C@@H](Cc5ccccc5)N(C)C)[nH]4)ccc2-3)[nH]1. The molecule has 0 unspecified atom stereocenters. The van der Waals surface area contributed by atoms with Crippen LogP contribution in [0.1, 0.15) is 71.7 Å². The highest BCUT2D eigenvalue weighted by molar-refractivity contribution is 5.84. The van der Waals surface area contributed by atoms with Crippen molar-refractivity contribution in [2.24, 2.45) is 0 Å². The summed E-state index contributed by atoms with van der Waals surface area (Å²) in [5.74, 6) is 2.02. The predicted molar refractivity (Wildman–Crippen MR) is 232 cm³/mol. The number of H-pyrrole nitrogens is 2. The Hall–Kier alpha value is -5.84. The van der Waals surface area contributed by atoms with Crippen LogP contribution in [0.4, 0.5) is 0 Å². The summed E-state index contributed by atoms with van der Waals surface area (Å²) in [4.78, 5) is 53.1. The molecule has 10 nitrogen and oxygen atoms in total. The summed E-state index contributed by atoms with van der Waals surface area (Å²) in [6.07, 6.45) is 9.75. The third-order valence-electron chi connectivity index (χ3n) is 12.8. The lowest BCUT2D eigenvalue weighted by Crippen LogP contribution is -2.47. The number of aromatic nitrogens is 4. The van der Waals surface area contributed by atoms with Gasteiger partial charge in [-0.05, 0) is 130 Å². The van der Waals surface area contributed by atoms with E-state index in [1.165, 1.54) is 22.3 Å². The minimum Gasteiger partial charge on any atom is -0.340 e. The molecule has 0 spiro atoms. The fourth-order valence-electron chi connectivity index (χ4n) is 9.52. The van der Waals surface area contributed by atoms with E-state index >= 15 is 0 Å². The number of likely N-dealkylation sites (N-methyl/N-ethyl adjacent to an activating group) is 2. The van der Waals surface area contributed by atoms with Gasteiger partial charge >= 0.3 is 0 Å². The molecular formula is C49H54N8O2. The van der Waals surface area contributed by atoms with E-state index in [9.17, 15) is 9.59 Å². The van der Waals surface area contributed by atoms with Crippen molar-refractivity contribution < 1.29 is 9.59 Å². The van der Waals surface area contributed by atoms with Gasteiger partial charge in [-0.15, -0.1) is 0 Å². The Balaban J connectivity index is 0.881. The number of rotatable bonds is 12. The fraction of sp³-hybridized carbons (Fsp3) is 0.347. The summed E-state index contributed by atoms with van der Waals surface area (Å²) in [6.45, 7) is 1.48. The Labute approximate surface area is 347 Å². The van der Waals surface area contributed by atoms with Gasteiger partial charge in [-0.25, -0.2) is 9.97 Å². The molecule has 4 aromatic carbocycles. The molecule has 0 bridgehead atoms. The van der Waals surface area contributed by atoms with E-state index in [4.69, 9.17) is 9.97 Å². The van der Waals surface area contributed by atoms with Gasteiger partial charge in [0.2, 0.25) is 11.8 Å². The summed E-state index contributed by atoms with van der Waals surface area (Å²) in [7, 11) is 7.97. The van der Waals surface area contributed by atoms with Crippen molar-refractivity contribution in [3.8, 4) is 33.6 Å². The summed E-state index contributed by atoms with van der Waals surface area (Å²) in [5, 5.41) is 0. The third kappa shape index (κ3) is 7.75. The first-order chi connectivity index (χ1) is 28.7. The monoisotopic (exact) mass is 786 g/mol. The highest BCUT2D eigenvalue weighted by Gasteiger charge is 2.38. The minimum atomic E-state index is -0.235. The minimum absolute atomic E-state index is 0.0681. The molecule has 2 amide bonds. The number of hydrogen-bond acceptors (Lipinski definition) is 6. The predicted octanol–water partition coefficient (Wildman–Crippen LogP) is 7.71. The number of carbonyl (C=O) groups is 2. The van der Waals surface area contributed by atoms with Gasteiger partial charge in [0.1, 0.15) is 11.6 Å². The molecule has 0 saturated carbocycles. The van der Waals surface area contributed by atoms with Crippen molar-refractivity contribution in [2.75, 3.05) is 41.3 Å². The topological polar surface area (TPSA) is 104 Å². The van der Waals surface area contributed by atoms with Crippen LogP contribution in [0, 0.1) is 0 Å². The second kappa shape index (κ2) is 16.4. The Bertz CT molecular complexity index is 2270. The number of hydrogen-bond donors (Lipinski definition) is 2. The van der Waals surface area contributed by atoms with E-state index in [0.29, 0.717) is 12.8 Å². The number of fused-ring (bicyclic) bond motifs is 3. The summed E-state index contributed by atoms with van der Waals surface area (Å²) >= 11 is 0. The molecule has 9 rings (SSSR count). The maximum atomic E-state index is 14.0. The van der Waals surface area contributed by atoms with Crippen molar-refractivity contribution in [1.82, 2.24) is 39.5 Å². The number of nitrogens with one attached hydrogen (secondary N) is 2. The van der Waals surface area contributed by atoms with Gasteiger partial charge in [0.15, 0.2) is 0 Å². The smallest absolute Gasteiger partial charge is 0.240 e. The van der Waals surface area contributed by atoms with Gasteiger partial charge < -0.3 is 19.8 Å². The zero-order valence-electron chi connectivity index (χ0n) is 34.6. The number of carbonyl (C=O) groups excluding carboxylic acids is 2. The van der Waals surface area contributed by atoms with Gasteiger partial charge in [-0.3, -0.25) is 19.4 Å². The molecule has 10 heteroatoms. The van der Waals surface area contributed by atoms with E-state index in [0.717, 1.165) is 90.5 Å². The Morgan fingerprint density at radius 2 is 1.05 bits per heavy atom. The van der Waals surface area contributed by atoms with Gasteiger partial charge in [0.05, 0.1) is 47.9 Å². The first-order valence-corrected chi connectivity index (χ1v) is 21.1. The molecule has 0 radical (unpaired) electrons. The Kier molecular flexibility index (Phi) is 10.8. The van der Waals surface area contributed by atoms with E-state index in [-0.39, 0.29) is 36.0 Å². The number of likely N-dealkylation sites (tertiary alicyclic amines) is 2. The quantitative estimate of drug-likeness (QED) is 0.132. The molecular weight excluding hydrogens is 733 g/mol. The molecule has 4 heterocycles. The normalized spacial score (nSPS) is 18.4. The van der Waals surface area contributed by atoms with Crippen molar-refractivity contribution >= 4 is 11.8 Å². The average Bonchev–Trinajstić information content (AvgIpc) is 4.10. The first kappa shape index (κ1) is 38.7. The first-order valence-electron chi connectivity index (χ1n) is 21.1.